The lowest BCUT2D eigenvalue weighted by molar-refractivity contribution is 0.907. The predicted molar refractivity (Wildman–Crippen MR) is 70.6 cm³/mol. The molecule has 0 bridgehead atoms. The summed E-state index contributed by atoms with van der Waals surface area (Å²) >= 11 is 0. The molecule has 0 aliphatic carbocycles. The van der Waals surface area contributed by atoms with E-state index in [0.29, 0.717) is 0 Å². The molecule has 1 aliphatic heterocycles. The van der Waals surface area contributed by atoms with Crippen LogP contribution >= 0.6 is 0 Å². The van der Waals surface area contributed by atoms with Crippen LogP contribution in [0.15, 0.2) is 47.5 Å². The molecule has 4 rings (SSSR count). The first-order chi connectivity index (χ1) is 8.92. The third-order valence-electron chi connectivity index (χ3n) is 3.18. The highest BCUT2D eigenvalue weighted by atomic mass is 15.3. The molecule has 0 fully saturated rings. The van der Waals surface area contributed by atoms with Crippen LogP contribution in [0, 0.1) is 0 Å². The molecule has 3 aromatic rings. The second-order valence-corrected chi connectivity index (χ2v) is 4.36. The van der Waals surface area contributed by atoms with Crippen LogP contribution in [-0.4, -0.2) is 21.6 Å². The number of hydrogen-bond acceptors (Lipinski definition) is 3. The highest BCUT2D eigenvalue weighted by molar-refractivity contribution is 5.88. The van der Waals surface area contributed by atoms with E-state index in [9.17, 15) is 0 Å². The standard InChI is InChI=1S/C14H10N4/c1-2-4-10-7-11(6-5-9(10)3-1)13-14(12-8-15-12)17-18-16-13/h1-8,12H,(H,16,17,18). The van der Waals surface area contributed by atoms with Crippen molar-refractivity contribution in [1.29, 1.82) is 0 Å². The summed E-state index contributed by atoms with van der Waals surface area (Å²) in [5.41, 5.74) is 2.88. The first-order valence-corrected chi connectivity index (χ1v) is 5.85. The molecule has 1 aromatic heterocycles. The van der Waals surface area contributed by atoms with E-state index < -0.39 is 0 Å². The van der Waals surface area contributed by atoms with Gasteiger partial charge in [-0.3, -0.25) is 4.99 Å². The topological polar surface area (TPSA) is 53.9 Å². The zero-order valence-corrected chi connectivity index (χ0v) is 9.54. The Balaban J connectivity index is 1.88. The van der Waals surface area contributed by atoms with Gasteiger partial charge in [-0.1, -0.05) is 36.4 Å². The summed E-state index contributed by atoms with van der Waals surface area (Å²) in [6.45, 7) is 0. The number of aliphatic imine (C=N–C) groups is 1. The van der Waals surface area contributed by atoms with Gasteiger partial charge in [0.1, 0.15) is 17.4 Å². The second kappa shape index (κ2) is 3.50. The van der Waals surface area contributed by atoms with Gasteiger partial charge in [-0.2, -0.15) is 15.4 Å². The van der Waals surface area contributed by atoms with E-state index in [-0.39, 0.29) is 6.04 Å². The maximum atomic E-state index is 4.24. The summed E-state index contributed by atoms with van der Waals surface area (Å²) in [4.78, 5) is 4.15. The lowest BCUT2D eigenvalue weighted by Gasteiger charge is -2.02. The summed E-state index contributed by atoms with van der Waals surface area (Å²) in [6, 6.07) is 14.7. The number of aromatic amines is 1. The molecule has 0 amide bonds. The SMILES string of the molecule is C1=NC1c1n[nH]nc1-c1ccc2ccccc2c1. The number of nitrogens with zero attached hydrogens (tertiary/aromatic N) is 3. The van der Waals surface area contributed by atoms with Crippen LogP contribution in [0.25, 0.3) is 22.0 Å². The number of nitrogens with one attached hydrogen (secondary N) is 1. The van der Waals surface area contributed by atoms with Gasteiger partial charge in [0.2, 0.25) is 0 Å². The Kier molecular flexibility index (Phi) is 1.85. The largest absolute Gasteiger partial charge is 0.279 e. The van der Waals surface area contributed by atoms with E-state index in [1.165, 1.54) is 10.8 Å². The molecule has 1 N–H and O–H groups in total. The first-order valence-electron chi connectivity index (χ1n) is 5.85. The number of hydrogen-bond donors (Lipinski definition) is 1. The average Bonchev–Trinajstić information content (AvgIpc) is 3.16. The lowest BCUT2D eigenvalue weighted by atomic mass is 10.0. The van der Waals surface area contributed by atoms with Crippen molar-refractivity contribution in [3.8, 4) is 11.3 Å². The molecule has 1 unspecified atom stereocenters. The number of aromatic nitrogens is 3. The van der Waals surface area contributed by atoms with Gasteiger partial charge in [-0.05, 0) is 16.8 Å². The summed E-state index contributed by atoms with van der Waals surface area (Å²) in [5.74, 6) is 0. The molecule has 2 heterocycles. The second-order valence-electron chi connectivity index (χ2n) is 4.36. The van der Waals surface area contributed by atoms with Crippen LogP contribution in [0.5, 0.6) is 0 Å². The predicted octanol–water partition coefficient (Wildman–Crippen LogP) is 2.75. The molecular weight excluding hydrogens is 224 g/mol. The fourth-order valence-corrected chi connectivity index (χ4v) is 2.18. The summed E-state index contributed by atoms with van der Waals surface area (Å²) in [5, 5.41) is 13.5. The van der Waals surface area contributed by atoms with Crippen LogP contribution in [-0.2, 0) is 0 Å². The highest BCUT2D eigenvalue weighted by Crippen LogP contribution is 2.31. The third-order valence-corrected chi connectivity index (χ3v) is 3.18. The van der Waals surface area contributed by atoms with Crippen molar-refractivity contribution in [2.75, 3.05) is 0 Å². The Labute approximate surface area is 103 Å². The number of rotatable bonds is 2. The van der Waals surface area contributed by atoms with Crippen molar-refractivity contribution in [1.82, 2.24) is 15.4 Å². The van der Waals surface area contributed by atoms with E-state index in [1.54, 1.807) is 0 Å². The third kappa shape index (κ3) is 1.43. The van der Waals surface area contributed by atoms with Crippen LogP contribution < -0.4 is 0 Å². The van der Waals surface area contributed by atoms with E-state index in [2.05, 4.69) is 50.7 Å². The molecule has 4 heteroatoms. The molecule has 86 valence electrons. The van der Waals surface area contributed by atoms with E-state index >= 15 is 0 Å². The summed E-state index contributed by atoms with van der Waals surface area (Å²) in [6.07, 6.45) is 1.88. The maximum absolute atomic E-state index is 4.24. The van der Waals surface area contributed by atoms with Crippen LogP contribution in [0.4, 0.5) is 0 Å². The highest BCUT2D eigenvalue weighted by Gasteiger charge is 2.24. The van der Waals surface area contributed by atoms with Gasteiger partial charge in [-0.15, -0.1) is 0 Å². The van der Waals surface area contributed by atoms with Crippen LogP contribution in [0.2, 0.25) is 0 Å². The van der Waals surface area contributed by atoms with Gasteiger partial charge in [0.15, 0.2) is 0 Å². The molecule has 0 saturated heterocycles. The van der Waals surface area contributed by atoms with Crippen molar-refractivity contribution < 1.29 is 0 Å². The zero-order chi connectivity index (χ0) is 11.9. The van der Waals surface area contributed by atoms with Gasteiger partial charge >= 0.3 is 0 Å². The van der Waals surface area contributed by atoms with Crippen molar-refractivity contribution in [2.45, 2.75) is 6.04 Å². The molecule has 1 aliphatic rings. The maximum Gasteiger partial charge on any atom is 0.130 e. The average molecular weight is 234 g/mol. The Bertz CT molecular complexity index is 751. The molecular formula is C14H10N4. The van der Waals surface area contributed by atoms with E-state index in [4.69, 9.17) is 0 Å². The molecule has 0 spiro atoms. The van der Waals surface area contributed by atoms with Crippen molar-refractivity contribution in [3.63, 3.8) is 0 Å². The number of benzene rings is 2. The molecule has 0 radical (unpaired) electrons. The first kappa shape index (κ1) is 9.53. The Morgan fingerprint density at radius 2 is 1.78 bits per heavy atom. The minimum absolute atomic E-state index is 0.116. The lowest BCUT2D eigenvalue weighted by Crippen LogP contribution is -1.88. The smallest absolute Gasteiger partial charge is 0.130 e. The quantitative estimate of drug-likeness (QED) is 0.741. The van der Waals surface area contributed by atoms with Gasteiger partial charge in [-0.25, -0.2) is 0 Å². The Hall–Kier alpha value is -2.49. The molecule has 2 aromatic carbocycles. The number of fused-ring (bicyclic) bond motifs is 1. The van der Waals surface area contributed by atoms with E-state index in [1.807, 2.05) is 18.3 Å². The summed E-state index contributed by atoms with van der Waals surface area (Å²) in [7, 11) is 0. The Morgan fingerprint density at radius 3 is 2.61 bits per heavy atom. The van der Waals surface area contributed by atoms with Crippen molar-refractivity contribution in [2.24, 2.45) is 4.99 Å². The normalized spacial score (nSPS) is 17.2. The van der Waals surface area contributed by atoms with Crippen LogP contribution in [0.1, 0.15) is 11.7 Å². The van der Waals surface area contributed by atoms with Crippen molar-refractivity contribution >= 4 is 17.0 Å². The van der Waals surface area contributed by atoms with Gasteiger partial charge in [0.05, 0.1) is 0 Å². The molecule has 1 atom stereocenters. The van der Waals surface area contributed by atoms with Gasteiger partial charge in [0.25, 0.3) is 0 Å². The van der Waals surface area contributed by atoms with Crippen LogP contribution in [0.3, 0.4) is 0 Å². The molecule has 18 heavy (non-hydrogen) atoms. The fourth-order valence-electron chi connectivity index (χ4n) is 2.18. The van der Waals surface area contributed by atoms with Crippen molar-refractivity contribution in [3.05, 3.63) is 48.2 Å². The van der Waals surface area contributed by atoms with E-state index in [0.717, 1.165) is 17.0 Å². The van der Waals surface area contributed by atoms with Gasteiger partial charge in [0, 0.05) is 11.8 Å². The van der Waals surface area contributed by atoms with Gasteiger partial charge < -0.3 is 0 Å². The molecule has 0 saturated carbocycles. The monoisotopic (exact) mass is 234 g/mol. The summed E-state index contributed by atoms with van der Waals surface area (Å²) < 4.78 is 0. The zero-order valence-electron chi connectivity index (χ0n) is 9.54. The fraction of sp³-hybridized carbons (Fsp3) is 0.0714. The minimum Gasteiger partial charge on any atom is -0.279 e. The molecule has 4 nitrogen and oxygen atoms in total. The Morgan fingerprint density at radius 1 is 0.944 bits per heavy atom. The minimum atomic E-state index is 0.116. The number of H-pyrrole nitrogens is 1.